The van der Waals surface area contributed by atoms with Gasteiger partial charge in [0.15, 0.2) is 0 Å². The molecule has 2 aromatic carbocycles. The van der Waals surface area contributed by atoms with Gasteiger partial charge in [0, 0.05) is 16.8 Å². The number of rotatable bonds is 5. The average molecular weight is 510 g/mol. The van der Waals surface area contributed by atoms with Crippen LogP contribution in [-0.4, -0.2) is 19.2 Å². The molecule has 0 unspecified atom stereocenters. The Kier molecular flexibility index (Phi) is 6.52. The van der Waals surface area contributed by atoms with E-state index in [-0.39, 0.29) is 27.0 Å². The fraction of sp³-hybridized carbons (Fsp3) is 0.0526. The molecule has 1 aromatic heterocycles. The number of anilines is 1. The predicted molar refractivity (Wildman–Crippen MR) is 111 cm³/mol. The Labute approximate surface area is 189 Å². The molecule has 0 atom stereocenters. The maximum atomic E-state index is 13.1. The van der Waals surface area contributed by atoms with Crippen molar-refractivity contribution in [1.82, 2.24) is 4.98 Å². The third kappa shape index (κ3) is 5.30. The number of nitrogens with zero attached hydrogens (tertiary/aromatic N) is 1. The number of ketones is 1. The molecule has 0 aliphatic heterocycles. The zero-order valence-electron chi connectivity index (χ0n) is 15.0. The van der Waals surface area contributed by atoms with Crippen molar-refractivity contribution in [3.8, 4) is 0 Å². The van der Waals surface area contributed by atoms with Gasteiger partial charge in [-0.05, 0) is 36.4 Å². The van der Waals surface area contributed by atoms with Gasteiger partial charge >= 0.3 is 6.18 Å². The summed E-state index contributed by atoms with van der Waals surface area (Å²) in [6, 6.07) is 9.07. The van der Waals surface area contributed by atoms with Crippen molar-refractivity contribution < 1.29 is 26.4 Å². The summed E-state index contributed by atoms with van der Waals surface area (Å²) in [4.78, 5) is 16.0. The van der Waals surface area contributed by atoms with E-state index in [1.807, 2.05) is 0 Å². The van der Waals surface area contributed by atoms with Crippen LogP contribution in [0.5, 0.6) is 0 Å². The molecule has 5 nitrogen and oxygen atoms in total. The molecular weight excluding hydrogens is 500 g/mol. The van der Waals surface area contributed by atoms with Crippen molar-refractivity contribution >= 4 is 56.3 Å². The molecule has 31 heavy (non-hydrogen) atoms. The van der Waals surface area contributed by atoms with Gasteiger partial charge in [0.1, 0.15) is 5.69 Å². The number of alkyl halides is 3. The average Bonchev–Trinajstić information content (AvgIpc) is 2.66. The third-order valence-corrected chi connectivity index (χ3v) is 6.09. The first-order valence-corrected chi connectivity index (χ1v) is 10.9. The van der Waals surface area contributed by atoms with Crippen LogP contribution in [0.25, 0.3) is 0 Å². The summed E-state index contributed by atoms with van der Waals surface area (Å²) in [5.74, 6) is -0.677. The van der Waals surface area contributed by atoms with Crippen LogP contribution in [0.1, 0.15) is 21.6 Å². The largest absolute Gasteiger partial charge is 0.417 e. The van der Waals surface area contributed by atoms with E-state index in [0.717, 1.165) is 24.4 Å². The van der Waals surface area contributed by atoms with Gasteiger partial charge in [0.25, 0.3) is 10.0 Å². The minimum atomic E-state index is -4.87. The van der Waals surface area contributed by atoms with E-state index in [1.54, 1.807) is 0 Å². The van der Waals surface area contributed by atoms with Gasteiger partial charge in [0.2, 0.25) is 5.78 Å². The molecule has 0 amide bonds. The number of sulfonamides is 1. The van der Waals surface area contributed by atoms with Crippen LogP contribution in [0.2, 0.25) is 15.1 Å². The van der Waals surface area contributed by atoms with E-state index in [9.17, 15) is 26.4 Å². The molecule has 0 bridgehead atoms. The third-order valence-electron chi connectivity index (χ3n) is 3.95. The molecule has 0 spiro atoms. The second-order valence-corrected chi connectivity index (χ2v) is 9.10. The Balaban J connectivity index is 2.05. The minimum Gasteiger partial charge on any atom is -0.287 e. The van der Waals surface area contributed by atoms with Crippen LogP contribution in [0, 0.1) is 0 Å². The molecule has 0 saturated heterocycles. The number of nitrogens with one attached hydrogen (secondary N) is 1. The molecular formula is C19H10Cl3F3N2O3S. The minimum absolute atomic E-state index is 0.00701. The molecule has 0 aliphatic rings. The van der Waals surface area contributed by atoms with Gasteiger partial charge in [-0.1, -0.05) is 46.9 Å². The summed E-state index contributed by atoms with van der Waals surface area (Å²) in [6.45, 7) is 0. The number of aromatic nitrogens is 1. The first-order chi connectivity index (χ1) is 14.4. The molecule has 3 aromatic rings. The molecule has 1 heterocycles. The van der Waals surface area contributed by atoms with E-state index in [1.165, 1.54) is 24.3 Å². The van der Waals surface area contributed by atoms with Crippen LogP contribution in [-0.2, 0) is 16.2 Å². The Morgan fingerprint density at radius 1 is 0.968 bits per heavy atom. The molecule has 1 N–H and O–H groups in total. The van der Waals surface area contributed by atoms with E-state index in [0.29, 0.717) is 6.07 Å². The first-order valence-electron chi connectivity index (χ1n) is 8.24. The van der Waals surface area contributed by atoms with Crippen molar-refractivity contribution in [2.75, 3.05) is 4.72 Å². The summed E-state index contributed by atoms with van der Waals surface area (Å²) in [5.41, 5.74) is -1.84. The smallest absolute Gasteiger partial charge is 0.287 e. The lowest BCUT2D eigenvalue weighted by molar-refractivity contribution is -0.137. The monoisotopic (exact) mass is 508 g/mol. The van der Waals surface area contributed by atoms with Crippen molar-refractivity contribution in [2.45, 2.75) is 11.1 Å². The number of carbonyl (C=O) groups is 1. The summed E-state index contributed by atoms with van der Waals surface area (Å²) >= 11 is 17.3. The first kappa shape index (κ1) is 23.3. The zero-order valence-corrected chi connectivity index (χ0v) is 18.1. The van der Waals surface area contributed by atoms with E-state index in [2.05, 4.69) is 9.71 Å². The van der Waals surface area contributed by atoms with Crippen LogP contribution >= 0.6 is 34.8 Å². The van der Waals surface area contributed by atoms with Crippen molar-refractivity contribution in [2.24, 2.45) is 0 Å². The van der Waals surface area contributed by atoms with Crippen LogP contribution in [0.4, 0.5) is 18.9 Å². The number of benzene rings is 2. The topological polar surface area (TPSA) is 76.1 Å². The Bertz CT molecular complexity index is 1280. The number of pyridine rings is 1. The quantitative estimate of drug-likeness (QED) is 0.422. The molecule has 0 aliphatic carbocycles. The second kappa shape index (κ2) is 8.66. The van der Waals surface area contributed by atoms with E-state index < -0.39 is 37.5 Å². The summed E-state index contributed by atoms with van der Waals surface area (Å²) < 4.78 is 66.9. The lowest BCUT2D eigenvalue weighted by Crippen LogP contribution is -2.18. The fourth-order valence-electron chi connectivity index (χ4n) is 2.56. The fourth-order valence-corrected chi connectivity index (χ4v) is 4.21. The standard InChI is InChI=1S/C19H10Cl3F3N2O3S/c20-11-3-1-2-10(6-11)18(28)17-16(7-12(21)9-26-17)27-31(29,30)13-4-5-15(22)14(8-13)19(23,24)25/h1-9,27H. The SMILES string of the molecule is O=C(c1cccc(Cl)c1)c1ncc(Cl)cc1NS(=O)(=O)c1ccc(Cl)c(C(F)(F)F)c1. The predicted octanol–water partition coefficient (Wildman–Crippen LogP) is 6.09. The van der Waals surface area contributed by atoms with Crippen LogP contribution in [0.3, 0.4) is 0 Å². The van der Waals surface area contributed by atoms with Crippen LogP contribution in [0.15, 0.2) is 59.6 Å². The maximum absolute atomic E-state index is 13.1. The van der Waals surface area contributed by atoms with Gasteiger partial charge < -0.3 is 0 Å². The van der Waals surface area contributed by atoms with Crippen molar-refractivity contribution in [1.29, 1.82) is 0 Å². The van der Waals surface area contributed by atoms with Gasteiger partial charge in [-0.2, -0.15) is 13.2 Å². The van der Waals surface area contributed by atoms with Gasteiger partial charge in [0.05, 0.1) is 26.2 Å². The molecule has 162 valence electrons. The highest BCUT2D eigenvalue weighted by Gasteiger charge is 2.34. The van der Waals surface area contributed by atoms with E-state index in [4.69, 9.17) is 34.8 Å². The lowest BCUT2D eigenvalue weighted by Gasteiger charge is -2.14. The molecule has 0 fully saturated rings. The molecule has 3 rings (SSSR count). The van der Waals surface area contributed by atoms with E-state index >= 15 is 0 Å². The Morgan fingerprint density at radius 3 is 2.32 bits per heavy atom. The molecule has 12 heteroatoms. The second-order valence-electron chi connectivity index (χ2n) is 6.13. The maximum Gasteiger partial charge on any atom is 0.417 e. The van der Waals surface area contributed by atoms with Gasteiger partial charge in [-0.15, -0.1) is 0 Å². The Hall–Kier alpha value is -2.33. The van der Waals surface area contributed by atoms with Crippen LogP contribution < -0.4 is 4.72 Å². The van der Waals surface area contributed by atoms with Crippen molar-refractivity contribution in [3.63, 3.8) is 0 Å². The highest BCUT2D eigenvalue weighted by atomic mass is 35.5. The van der Waals surface area contributed by atoms with Gasteiger partial charge in [-0.3, -0.25) is 9.52 Å². The number of hydrogen-bond acceptors (Lipinski definition) is 4. The van der Waals surface area contributed by atoms with Gasteiger partial charge in [-0.25, -0.2) is 13.4 Å². The summed E-state index contributed by atoms with van der Waals surface area (Å²) in [5, 5.41) is -0.400. The highest BCUT2D eigenvalue weighted by Crippen LogP contribution is 2.36. The molecule has 0 radical (unpaired) electrons. The summed E-state index contributed by atoms with van der Waals surface area (Å²) in [6.07, 6.45) is -3.74. The lowest BCUT2D eigenvalue weighted by atomic mass is 10.1. The highest BCUT2D eigenvalue weighted by molar-refractivity contribution is 7.92. The molecule has 0 saturated carbocycles. The summed E-state index contributed by atoms with van der Waals surface area (Å²) in [7, 11) is -4.56. The van der Waals surface area contributed by atoms with Crippen molar-refractivity contribution in [3.05, 3.63) is 86.6 Å². The zero-order chi connectivity index (χ0) is 23.0. The Morgan fingerprint density at radius 2 is 1.68 bits per heavy atom. The number of halogens is 6. The normalized spacial score (nSPS) is 11.9. The number of hydrogen-bond donors (Lipinski definition) is 1. The number of carbonyl (C=O) groups excluding carboxylic acids is 1.